The van der Waals surface area contributed by atoms with Crippen molar-refractivity contribution >= 4 is 17.5 Å². The third-order valence-corrected chi connectivity index (χ3v) is 3.57. The zero-order valence-corrected chi connectivity index (χ0v) is 7.86. The number of carbonyl (C=O) groups is 1. The van der Waals surface area contributed by atoms with Gasteiger partial charge in [-0.3, -0.25) is 4.79 Å². The molecule has 0 spiro atoms. The van der Waals surface area contributed by atoms with E-state index < -0.39 is 29.0 Å². The Morgan fingerprint density at radius 2 is 2.00 bits per heavy atom. The minimum Gasteiger partial charge on any atom is -0.389 e. The highest BCUT2D eigenvalue weighted by Gasteiger charge is 2.50. The molecule has 4 N–H and O–H groups in total. The average molecular weight is 208 g/mol. The molecular weight excluding hydrogens is 196 g/mol. The number of ketones is 1. The van der Waals surface area contributed by atoms with Gasteiger partial charge in [0.15, 0.2) is 10.7 Å². The molecule has 0 aromatic rings. The second kappa shape index (κ2) is 3.55. The number of hydrogen-bond donors (Lipinski definition) is 4. The molecule has 1 heterocycles. The lowest BCUT2D eigenvalue weighted by Gasteiger charge is -2.39. The summed E-state index contributed by atoms with van der Waals surface area (Å²) in [5.41, 5.74) is 0. The first-order valence-electron chi connectivity index (χ1n) is 3.81. The molecule has 5 nitrogen and oxygen atoms in total. The normalized spacial score (nSPS) is 46.1. The number of thioether (sulfide) groups is 1. The molecule has 0 saturated carbocycles. The van der Waals surface area contributed by atoms with Crippen LogP contribution in [0.3, 0.4) is 0 Å². The van der Waals surface area contributed by atoms with Crippen LogP contribution < -0.4 is 0 Å². The van der Waals surface area contributed by atoms with Crippen LogP contribution in [0.5, 0.6) is 0 Å². The van der Waals surface area contributed by atoms with E-state index in [0.29, 0.717) is 0 Å². The molecule has 0 amide bonds. The molecule has 0 aromatic carbocycles. The second-order valence-electron chi connectivity index (χ2n) is 3.07. The van der Waals surface area contributed by atoms with Crippen LogP contribution in [0.1, 0.15) is 6.92 Å². The van der Waals surface area contributed by atoms with Gasteiger partial charge < -0.3 is 20.4 Å². The molecule has 6 heteroatoms. The molecule has 1 rings (SSSR count). The van der Waals surface area contributed by atoms with Crippen molar-refractivity contribution in [3.05, 3.63) is 0 Å². The Balaban J connectivity index is 2.85. The maximum Gasteiger partial charge on any atom is 0.197 e. The number of aliphatic hydroxyl groups is 4. The van der Waals surface area contributed by atoms with E-state index in [1.54, 1.807) is 0 Å². The average Bonchev–Trinajstić information content (AvgIpc) is 2.08. The van der Waals surface area contributed by atoms with Gasteiger partial charge in [0.25, 0.3) is 0 Å². The molecule has 0 bridgehead atoms. The van der Waals surface area contributed by atoms with Gasteiger partial charge in [-0.1, -0.05) is 0 Å². The van der Waals surface area contributed by atoms with E-state index in [4.69, 9.17) is 5.11 Å². The van der Waals surface area contributed by atoms with Crippen LogP contribution >= 0.6 is 11.8 Å². The van der Waals surface area contributed by atoms with Crippen LogP contribution in [-0.2, 0) is 4.79 Å². The first-order valence-corrected chi connectivity index (χ1v) is 4.79. The quantitative estimate of drug-likeness (QED) is 0.401. The Labute approximate surface area is 79.4 Å². The fourth-order valence-corrected chi connectivity index (χ4v) is 2.28. The lowest BCUT2D eigenvalue weighted by molar-refractivity contribution is -0.150. The second-order valence-corrected chi connectivity index (χ2v) is 4.31. The summed E-state index contributed by atoms with van der Waals surface area (Å²) >= 11 is 0.740. The largest absolute Gasteiger partial charge is 0.389 e. The Morgan fingerprint density at radius 3 is 2.46 bits per heavy atom. The summed E-state index contributed by atoms with van der Waals surface area (Å²) in [6.07, 6.45) is -4.23. The summed E-state index contributed by atoms with van der Waals surface area (Å²) in [4.78, 5) is 8.97. The summed E-state index contributed by atoms with van der Waals surface area (Å²) in [5.74, 6) is -0.607. The Hall–Kier alpha value is -0.140. The van der Waals surface area contributed by atoms with Gasteiger partial charge in [0, 0.05) is 5.75 Å². The van der Waals surface area contributed by atoms with Crippen molar-refractivity contribution < 1.29 is 25.2 Å². The van der Waals surface area contributed by atoms with Gasteiger partial charge in [-0.15, -0.1) is 11.8 Å². The highest BCUT2D eigenvalue weighted by molar-refractivity contribution is 8.01. The highest BCUT2D eigenvalue weighted by atomic mass is 32.2. The molecule has 1 aliphatic heterocycles. The Bertz CT molecular complexity index is 221. The number of rotatable bonds is 1. The first kappa shape index (κ1) is 10.9. The monoisotopic (exact) mass is 208 g/mol. The fraction of sp³-hybridized carbons (Fsp3) is 0.857. The fourth-order valence-electron chi connectivity index (χ4n) is 1.15. The van der Waals surface area contributed by atoms with E-state index >= 15 is 0 Å². The van der Waals surface area contributed by atoms with Crippen molar-refractivity contribution in [2.45, 2.75) is 30.2 Å². The molecule has 4 atom stereocenters. The highest BCUT2D eigenvalue weighted by Crippen LogP contribution is 2.35. The smallest absolute Gasteiger partial charge is 0.197 e. The van der Waals surface area contributed by atoms with E-state index in [2.05, 4.69) is 0 Å². The van der Waals surface area contributed by atoms with Crippen LogP contribution in [0.2, 0.25) is 0 Å². The summed E-state index contributed by atoms with van der Waals surface area (Å²) in [6, 6.07) is 0. The minimum atomic E-state index is -1.99. The van der Waals surface area contributed by atoms with E-state index in [9.17, 15) is 20.1 Å². The number of aliphatic hydroxyl groups excluding tert-OH is 3. The SMILES string of the molecule is CC(=O)[C@]1(O)SC[C@@H](O)[C@H](O)[C@H]1O. The maximum absolute atomic E-state index is 11.0. The van der Waals surface area contributed by atoms with Crippen LogP contribution in [0.25, 0.3) is 0 Å². The summed E-state index contributed by atoms with van der Waals surface area (Å²) in [5, 5.41) is 37.2. The maximum atomic E-state index is 11.0. The van der Waals surface area contributed by atoms with Gasteiger partial charge in [0.1, 0.15) is 12.2 Å². The lowest BCUT2D eigenvalue weighted by atomic mass is 10.00. The predicted octanol–water partition coefficient (Wildman–Crippen LogP) is -1.91. The first-order chi connectivity index (χ1) is 5.89. The van der Waals surface area contributed by atoms with E-state index in [-0.39, 0.29) is 5.75 Å². The van der Waals surface area contributed by atoms with Crippen LogP contribution in [-0.4, -0.2) is 55.2 Å². The molecule has 0 radical (unpaired) electrons. The molecule has 13 heavy (non-hydrogen) atoms. The topological polar surface area (TPSA) is 98.0 Å². The molecule has 0 aromatic heterocycles. The van der Waals surface area contributed by atoms with Gasteiger partial charge in [-0.25, -0.2) is 0 Å². The summed E-state index contributed by atoms with van der Waals surface area (Å²) in [7, 11) is 0. The van der Waals surface area contributed by atoms with Crippen molar-refractivity contribution in [1.29, 1.82) is 0 Å². The Kier molecular flexibility index (Phi) is 2.98. The van der Waals surface area contributed by atoms with Crippen LogP contribution in [0, 0.1) is 0 Å². The molecule has 76 valence electrons. The van der Waals surface area contributed by atoms with Crippen molar-refractivity contribution in [3.63, 3.8) is 0 Å². The molecule has 1 aliphatic rings. The van der Waals surface area contributed by atoms with Gasteiger partial charge in [0.05, 0.1) is 6.10 Å². The molecule has 0 unspecified atom stereocenters. The summed E-state index contributed by atoms with van der Waals surface area (Å²) < 4.78 is 0. The van der Waals surface area contributed by atoms with Gasteiger partial charge in [0.2, 0.25) is 0 Å². The predicted molar refractivity (Wildman–Crippen MR) is 46.1 cm³/mol. The lowest BCUT2D eigenvalue weighted by Crippen LogP contribution is -2.59. The van der Waals surface area contributed by atoms with Crippen LogP contribution in [0.15, 0.2) is 0 Å². The van der Waals surface area contributed by atoms with Crippen molar-refractivity contribution in [2.75, 3.05) is 5.75 Å². The van der Waals surface area contributed by atoms with Gasteiger partial charge >= 0.3 is 0 Å². The molecule has 1 saturated heterocycles. The van der Waals surface area contributed by atoms with E-state index in [1.165, 1.54) is 0 Å². The number of Topliss-reactive ketones (excluding diaryl/α,β-unsaturated/α-hetero) is 1. The zero-order chi connectivity index (χ0) is 10.2. The molecule has 0 aliphatic carbocycles. The minimum absolute atomic E-state index is 0.0221. The summed E-state index contributed by atoms with van der Waals surface area (Å²) in [6.45, 7) is 1.13. The van der Waals surface area contributed by atoms with Crippen molar-refractivity contribution in [2.24, 2.45) is 0 Å². The van der Waals surface area contributed by atoms with Gasteiger partial charge in [-0.05, 0) is 6.92 Å². The van der Waals surface area contributed by atoms with Crippen molar-refractivity contribution in [1.82, 2.24) is 0 Å². The van der Waals surface area contributed by atoms with Crippen molar-refractivity contribution in [3.8, 4) is 0 Å². The standard InChI is InChI=1S/C7H12O5S/c1-3(8)7(12)6(11)5(10)4(9)2-13-7/h4-6,9-12H,2H2,1H3/t4-,5+,6-,7+/m1/s1. The Morgan fingerprint density at radius 1 is 1.46 bits per heavy atom. The zero-order valence-electron chi connectivity index (χ0n) is 7.04. The molecule has 1 fully saturated rings. The molecular formula is C7H12O5S. The van der Waals surface area contributed by atoms with Gasteiger partial charge in [-0.2, -0.15) is 0 Å². The van der Waals surface area contributed by atoms with Crippen LogP contribution in [0.4, 0.5) is 0 Å². The third-order valence-electron chi connectivity index (χ3n) is 2.10. The third kappa shape index (κ3) is 1.72. The van der Waals surface area contributed by atoms with E-state index in [1.807, 2.05) is 0 Å². The van der Waals surface area contributed by atoms with E-state index in [0.717, 1.165) is 18.7 Å². The number of carbonyl (C=O) groups excluding carboxylic acids is 1. The number of hydrogen-bond acceptors (Lipinski definition) is 6.